The van der Waals surface area contributed by atoms with Crippen LogP contribution in [0.2, 0.25) is 0 Å². The molecule has 0 saturated carbocycles. The minimum absolute atomic E-state index is 0.0280. The maximum absolute atomic E-state index is 13.7. The Labute approximate surface area is 130 Å². The number of aryl methyl sites for hydroxylation is 1. The van der Waals surface area contributed by atoms with E-state index >= 15 is 0 Å². The number of benzene rings is 2. The van der Waals surface area contributed by atoms with Gasteiger partial charge in [-0.1, -0.05) is 15.9 Å². The van der Waals surface area contributed by atoms with Gasteiger partial charge in [-0.25, -0.2) is 4.39 Å². The van der Waals surface area contributed by atoms with Crippen molar-refractivity contribution in [2.75, 3.05) is 17.2 Å². The lowest BCUT2D eigenvalue weighted by Crippen LogP contribution is -2.15. The summed E-state index contributed by atoms with van der Waals surface area (Å²) in [5.74, 6) is -0.979. The molecule has 0 atom stereocenters. The van der Waals surface area contributed by atoms with Crippen LogP contribution in [0, 0.1) is 5.82 Å². The monoisotopic (exact) mass is 348 g/mol. The lowest BCUT2D eigenvalue weighted by Gasteiger charge is -2.18. The average Bonchev–Trinajstić information content (AvgIpc) is 2.49. The van der Waals surface area contributed by atoms with E-state index in [4.69, 9.17) is 0 Å². The molecule has 0 fully saturated rings. The largest absolute Gasteiger partial charge is 0.385 e. The highest BCUT2D eigenvalue weighted by Gasteiger charge is 2.14. The minimum Gasteiger partial charge on any atom is -0.385 e. The number of carbonyl (C=O) groups is 1. The molecule has 1 aliphatic rings. The molecular formula is C16H14BrFN2O. The lowest BCUT2D eigenvalue weighted by atomic mass is 10.0. The predicted molar refractivity (Wildman–Crippen MR) is 85.3 cm³/mol. The zero-order chi connectivity index (χ0) is 14.8. The van der Waals surface area contributed by atoms with Gasteiger partial charge >= 0.3 is 0 Å². The molecule has 0 bridgehead atoms. The normalized spacial score (nSPS) is 13.2. The van der Waals surface area contributed by atoms with Crippen LogP contribution in [0.4, 0.5) is 15.8 Å². The Kier molecular flexibility index (Phi) is 3.92. The third-order valence-corrected chi connectivity index (χ3v) is 3.97. The molecule has 1 heterocycles. The molecule has 0 saturated heterocycles. The molecule has 5 heteroatoms. The second kappa shape index (κ2) is 5.85. The minimum atomic E-state index is -0.532. The van der Waals surface area contributed by atoms with Crippen molar-refractivity contribution in [3.63, 3.8) is 0 Å². The predicted octanol–water partition coefficient (Wildman–Crippen LogP) is 4.20. The Hall–Kier alpha value is -1.88. The molecule has 0 radical (unpaired) electrons. The van der Waals surface area contributed by atoms with E-state index in [1.54, 1.807) is 6.07 Å². The SMILES string of the molecule is O=C(Nc1ccc2c(c1)CCCN2)c1cc(Br)ccc1F. The van der Waals surface area contributed by atoms with Crippen molar-refractivity contribution in [1.82, 2.24) is 0 Å². The van der Waals surface area contributed by atoms with Crippen molar-refractivity contribution in [3.05, 3.63) is 57.8 Å². The number of hydrogen-bond acceptors (Lipinski definition) is 2. The van der Waals surface area contributed by atoms with Crippen LogP contribution in [0.15, 0.2) is 40.9 Å². The van der Waals surface area contributed by atoms with Crippen molar-refractivity contribution >= 4 is 33.2 Å². The van der Waals surface area contributed by atoms with Crippen LogP contribution in [-0.4, -0.2) is 12.5 Å². The summed E-state index contributed by atoms with van der Waals surface area (Å²) in [6, 6.07) is 10.0. The Morgan fingerprint density at radius 3 is 2.95 bits per heavy atom. The molecule has 3 nitrogen and oxygen atoms in total. The van der Waals surface area contributed by atoms with Crippen LogP contribution < -0.4 is 10.6 Å². The number of fused-ring (bicyclic) bond motifs is 1. The molecule has 1 aliphatic heterocycles. The van der Waals surface area contributed by atoms with Gasteiger partial charge in [-0.05, 0) is 54.8 Å². The number of anilines is 2. The highest BCUT2D eigenvalue weighted by molar-refractivity contribution is 9.10. The van der Waals surface area contributed by atoms with Crippen LogP contribution in [0.5, 0.6) is 0 Å². The van der Waals surface area contributed by atoms with E-state index in [2.05, 4.69) is 26.6 Å². The van der Waals surface area contributed by atoms with E-state index in [-0.39, 0.29) is 5.56 Å². The molecule has 21 heavy (non-hydrogen) atoms. The quantitative estimate of drug-likeness (QED) is 0.853. The molecule has 2 aromatic rings. The summed E-state index contributed by atoms with van der Waals surface area (Å²) in [5, 5.41) is 6.06. The molecule has 0 aromatic heterocycles. The Bertz CT molecular complexity index is 703. The zero-order valence-electron chi connectivity index (χ0n) is 11.2. The number of rotatable bonds is 2. The second-order valence-corrected chi connectivity index (χ2v) is 5.90. The van der Waals surface area contributed by atoms with Gasteiger partial charge in [0.2, 0.25) is 0 Å². The van der Waals surface area contributed by atoms with E-state index in [1.165, 1.54) is 17.7 Å². The zero-order valence-corrected chi connectivity index (χ0v) is 12.8. The fourth-order valence-electron chi connectivity index (χ4n) is 2.42. The smallest absolute Gasteiger partial charge is 0.258 e. The Morgan fingerprint density at radius 1 is 1.24 bits per heavy atom. The number of amides is 1. The highest BCUT2D eigenvalue weighted by atomic mass is 79.9. The van der Waals surface area contributed by atoms with Crippen LogP contribution in [0.25, 0.3) is 0 Å². The fourth-order valence-corrected chi connectivity index (χ4v) is 2.78. The first kappa shape index (κ1) is 14.1. The molecule has 2 N–H and O–H groups in total. The summed E-state index contributed by atoms with van der Waals surface area (Å²) in [4.78, 5) is 12.2. The van der Waals surface area contributed by atoms with Gasteiger partial charge in [0.15, 0.2) is 0 Å². The summed E-state index contributed by atoms with van der Waals surface area (Å²) in [6.07, 6.45) is 2.06. The van der Waals surface area contributed by atoms with Crippen molar-refractivity contribution < 1.29 is 9.18 Å². The van der Waals surface area contributed by atoms with Gasteiger partial charge in [-0.2, -0.15) is 0 Å². The number of hydrogen-bond donors (Lipinski definition) is 2. The highest BCUT2D eigenvalue weighted by Crippen LogP contribution is 2.25. The van der Waals surface area contributed by atoms with E-state index in [0.29, 0.717) is 10.2 Å². The van der Waals surface area contributed by atoms with Crippen molar-refractivity contribution in [3.8, 4) is 0 Å². The maximum atomic E-state index is 13.7. The Balaban J connectivity index is 1.83. The number of nitrogens with one attached hydrogen (secondary N) is 2. The standard InChI is InChI=1S/C16H14BrFN2O/c17-11-3-5-14(18)13(9-11)16(21)20-12-4-6-15-10(8-12)2-1-7-19-15/h3-6,8-9,19H,1-2,7H2,(H,20,21). The van der Waals surface area contributed by atoms with E-state index in [0.717, 1.165) is 25.1 Å². The van der Waals surface area contributed by atoms with Crippen molar-refractivity contribution in [1.29, 1.82) is 0 Å². The van der Waals surface area contributed by atoms with Gasteiger partial charge in [-0.15, -0.1) is 0 Å². The molecule has 0 spiro atoms. The Morgan fingerprint density at radius 2 is 2.10 bits per heavy atom. The lowest BCUT2D eigenvalue weighted by molar-refractivity contribution is 0.102. The van der Waals surface area contributed by atoms with Gasteiger partial charge < -0.3 is 10.6 Å². The molecular weight excluding hydrogens is 335 g/mol. The van der Waals surface area contributed by atoms with E-state index < -0.39 is 11.7 Å². The van der Waals surface area contributed by atoms with Gasteiger partial charge in [-0.3, -0.25) is 4.79 Å². The van der Waals surface area contributed by atoms with Gasteiger partial charge in [0.1, 0.15) is 5.82 Å². The summed E-state index contributed by atoms with van der Waals surface area (Å²) in [5.41, 5.74) is 2.99. The van der Waals surface area contributed by atoms with Crippen molar-refractivity contribution in [2.45, 2.75) is 12.8 Å². The van der Waals surface area contributed by atoms with E-state index in [9.17, 15) is 9.18 Å². The molecule has 108 valence electrons. The van der Waals surface area contributed by atoms with Gasteiger partial charge in [0.25, 0.3) is 5.91 Å². The topological polar surface area (TPSA) is 41.1 Å². The van der Waals surface area contributed by atoms with Crippen molar-refractivity contribution in [2.24, 2.45) is 0 Å². The van der Waals surface area contributed by atoms with Crippen LogP contribution in [-0.2, 0) is 6.42 Å². The van der Waals surface area contributed by atoms with E-state index in [1.807, 2.05) is 18.2 Å². The molecule has 0 unspecified atom stereocenters. The molecule has 1 amide bonds. The summed E-state index contributed by atoms with van der Waals surface area (Å²) >= 11 is 3.24. The average molecular weight is 349 g/mol. The van der Waals surface area contributed by atoms with Gasteiger partial charge in [0, 0.05) is 22.4 Å². The van der Waals surface area contributed by atoms with Crippen LogP contribution in [0.1, 0.15) is 22.3 Å². The summed E-state index contributed by atoms with van der Waals surface area (Å²) in [7, 11) is 0. The summed E-state index contributed by atoms with van der Waals surface area (Å²) < 4.78 is 14.4. The van der Waals surface area contributed by atoms with Crippen LogP contribution in [0.3, 0.4) is 0 Å². The third-order valence-electron chi connectivity index (χ3n) is 3.47. The molecule has 0 aliphatic carbocycles. The van der Waals surface area contributed by atoms with Crippen LogP contribution >= 0.6 is 15.9 Å². The first-order valence-corrected chi connectivity index (χ1v) is 7.56. The third kappa shape index (κ3) is 3.08. The van der Waals surface area contributed by atoms with Gasteiger partial charge in [0.05, 0.1) is 5.56 Å². The fraction of sp³-hybridized carbons (Fsp3) is 0.188. The maximum Gasteiger partial charge on any atom is 0.258 e. The molecule has 3 rings (SSSR count). The number of carbonyl (C=O) groups excluding carboxylic acids is 1. The number of halogens is 2. The molecule has 2 aromatic carbocycles. The second-order valence-electron chi connectivity index (χ2n) is 4.98. The first-order valence-electron chi connectivity index (χ1n) is 6.77. The summed E-state index contributed by atoms with van der Waals surface area (Å²) in [6.45, 7) is 0.974. The first-order chi connectivity index (χ1) is 10.1.